The molecule has 2 rings (SSSR count). The average molecular weight is 299 g/mol. The van der Waals surface area contributed by atoms with Gasteiger partial charge in [-0.2, -0.15) is 0 Å². The van der Waals surface area contributed by atoms with Gasteiger partial charge < -0.3 is 5.32 Å². The number of thiophene rings is 1. The molecule has 1 aromatic carbocycles. The summed E-state index contributed by atoms with van der Waals surface area (Å²) in [6, 6.07) is 8.16. The topological polar surface area (TPSA) is 63.2 Å². The molecule has 0 aliphatic rings. The summed E-state index contributed by atoms with van der Waals surface area (Å²) in [5.74, 6) is -1.71. The number of carbonyl (C=O) groups is 1. The molecule has 0 atom stereocenters. The van der Waals surface area contributed by atoms with E-state index in [0.29, 0.717) is 5.69 Å². The molecule has 2 aromatic rings. The Labute approximate surface area is 113 Å². The Balaban J connectivity index is 2.04. The molecular weight excluding hydrogens is 289 g/mol. The standard InChI is InChI=1S/C12H10FNO3S2/c13-9-3-5-10(6-4-9)14-11(15)8-19(16,17)12-2-1-7-18-12/h1-7H,8H2,(H,14,15). The maximum Gasteiger partial charge on any atom is 0.239 e. The lowest BCUT2D eigenvalue weighted by Gasteiger charge is -2.05. The Morgan fingerprint density at radius 2 is 1.89 bits per heavy atom. The van der Waals surface area contributed by atoms with Crippen LogP contribution in [-0.4, -0.2) is 20.1 Å². The van der Waals surface area contributed by atoms with Crippen LogP contribution in [-0.2, 0) is 14.6 Å². The summed E-state index contributed by atoms with van der Waals surface area (Å²) in [7, 11) is -3.61. The summed E-state index contributed by atoms with van der Waals surface area (Å²) in [6.45, 7) is 0. The van der Waals surface area contributed by atoms with Gasteiger partial charge in [0.2, 0.25) is 5.91 Å². The van der Waals surface area contributed by atoms with Crippen molar-refractivity contribution in [2.45, 2.75) is 4.21 Å². The van der Waals surface area contributed by atoms with Gasteiger partial charge in [0.05, 0.1) is 0 Å². The molecule has 1 amide bonds. The number of nitrogens with one attached hydrogen (secondary N) is 1. The fourth-order valence-electron chi connectivity index (χ4n) is 1.41. The minimum absolute atomic E-state index is 0.154. The highest BCUT2D eigenvalue weighted by Gasteiger charge is 2.20. The predicted octanol–water partition coefficient (Wildman–Crippen LogP) is 2.30. The zero-order valence-corrected chi connectivity index (χ0v) is 11.3. The van der Waals surface area contributed by atoms with Crippen molar-refractivity contribution in [2.75, 3.05) is 11.1 Å². The predicted molar refractivity (Wildman–Crippen MR) is 71.4 cm³/mol. The summed E-state index contributed by atoms with van der Waals surface area (Å²) >= 11 is 1.06. The van der Waals surface area contributed by atoms with Crippen LogP contribution in [0.25, 0.3) is 0 Å². The second-order valence-electron chi connectivity index (χ2n) is 3.75. The number of amides is 1. The van der Waals surface area contributed by atoms with Crippen molar-refractivity contribution in [3.8, 4) is 0 Å². The lowest BCUT2D eigenvalue weighted by Crippen LogP contribution is -2.22. The number of sulfone groups is 1. The Morgan fingerprint density at radius 1 is 1.21 bits per heavy atom. The van der Waals surface area contributed by atoms with E-state index < -0.39 is 27.3 Å². The third-order valence-corrected chi connectivity index (χ3v) is 5.35. The molecule has 0 aliphatic carbocycles. The van der Waals surface area contributed by atoms with E-state index >= 15 is 0 Å². The first kappa shape index (κ1) is 13.7. The van der Waals surface area contributed by atoms with Crippen molar-refractivity contribution in [2.24, 2.45) is 0 Å². The smallest absolute Gasteiger partial charge is 0.239 e. The van der Waals surface area contributed by atoms with Crippen LogP contribution in [0.5, 0.6) is 0 Å². The molecular formula is C12H10FNO3S2. The summed E-state index contributed by atoms with van der Waals surface area (Å²) in [5, 5.41) is 4.04. The average Bonchev–Trinajstić information content (AvgIpc) is 2.85. The molecule has 7 heteroatoms. The lowest BCUT2D eigenvalue weighted by atomic mass is 10.3. The van der Waals surface area contributed by atoms with Crippen LogP contribution < -0.4 is 5.32 Å². The molecule has 0 saturated heterocycles. The van der Waals surface area contributed by atoms with Crippen LogP contribution in [0.4, 0.5) is 10.1 Å². The first-order valence-electron chi connectivity index (χ1n) is 5.29. The van der Waals surface area contributed by atoms with Gasteiger partial charge in [0.1, 0.15) is 15.8 Å². The fourth-order valence-corrected chi connectivity index (χ4v) is 3.64. The fraction of sp³-hybridized carbons (Fsp3) is 0.0833. The van der Waals surface area contributed by atoms with Crippen molar-refractivity contribution < 1.29 is 17.6 Å². The maximum absolute atomic E-state index is 12.7. The van der Waals surface area contributed by atoms with Crippen LogP contribution >= 0.6 is 11.3 Å². The van der Waals surface area contributed by atoms with E-state index in [0.717, 1.165) is 11.3 Å². The molecule has 0 radical (unpaired) electrons. The number of benzene rings is 1. The first-order chi connectivity index (χ1) is 8.97. The van der Waals surface area contributed by atoms with E-state index in [-0.39, 0.29) is 4.21 Å². The van der Waals surface area contributed by atoms with E-state index in [1.165, 1.54) is 30.3 Å². The van der Waals surface area contributed by atoms with E-state index in [2.05, 4.69) is 5.32 Å². The van der Waals surface area contributed by atoms with Gasteiger partial charge in [-0.3, -0.25) is 4.79 Å². The number of carbonyl (C=O) groups excluding carboxylic acids is 1. The molecule has 0 saturated carbocycles. The highest BCUT2D eigenvalue weighted by molar-refractivity contribution is 7.94. The van der Waals surface area contributed by atoms with Crippen LogP contribution in [0.1, 0.15) is 0 Å². The number of hydrogen-bond acceptors (Lipinski definition) is 4. The Bertz CT molecular complexity index is 664. The number of anilines is 1. The van der Waals surface area contributed by atoms with E-state index in [4.69, 9.17) is 0 Å². The van der Waals surface area contributed by atoms with E-state index in [9.17, 15) is 17.6 Å². The van der Waals surface area contributed by atoms with Crippen LogP contribution in [0.2, 0.25) is 0 Å². The van der Waals surface area contributed by atoms with Crippen molar-refractivity contribution in [1.29, 1.82) is 0 Å². The number of halogens is 1. The normalized spacial score (nSPS) is 11.2. The summed E-state index contributed by atoms with van der Waals surface area (Å²) in [4.78, 5) is 11.6. The second kappa shape index (κ2) is 5.50. The third-order valence-electron chi connectivity index (χ3n) is 2.25. The van der Waals surface area contributed by atoms with Gasteiger partial charge in [0.25, 0.3) is 0 Å². The molecule has 0 bridgehead atoms. The largest absolute Gasteiger partial charge is 0.325 e. The van der Waals surface area contributed by atoms with Gasteiger partial charge in [-0.05, 0) is 35.7 Å². The summed E-state index contributed by atoms with van der Waals surface area (Å²) in [5.41, 5.74) is 0.354. The zero-order valence-electron chi connectivity index (χ0n) is 9.67. The van der Waals surface area contributed by atoms with Crippen LogP contribution in [0.3, 0.4) is 0 Å². The highest BCUT2D eigenvalue weighted by atomic mass is 32.2. The highest BCUT2D eigenvalue weighted by Crippen LogP contribution is 2.17. The molecule has 1 N–H and O–H groups in total. The van der Waals surface area contributed by atoms with Crippen LogP contribution in [0.15, 0.2) is 46.0 Å². The summed E-state index contributed by atoms with van der Waals surface area (Å²) in [6.07, 6.45) is 0. The minimum atomic E-state index is -3.61. The van der Waals surface area contributed by atoms with Crippen molar-refractivity contribution in [3.05, 3.63) is 47.6 Å². The van der Waals surface area contributed by atoms with Crippen molar-refractivity contribution >= 4 is 32.8 Å². The van der Waals surface area contributed by atoms with E-state index in [1.807, 2.05) is 0 Å². The summed E-state index contributed by atoms with van der Waals surface area (Å²) < 4.78 is 36.5. The Kier molecular flexibility index (Phi) is 3.96. The zero-order chi connectivity index (χ0) is 13.9. The van der Waals surface area contributed by atoms with Gasteiger partial charge >= 0.3 is 0 Å². The molecule has 0 unspecified atom stereocenters. The lowest BCUT2D eigenvalue weighted by molar-refractivity contribution is -0.113. The number of hydrogen-bond donors (Lipinski definition) is 1. The van der Waals surface area contributed by atoms with Gasteiger partial charge in [-0.1, -0.05) is 6.07 Å². The molecule has 19 heavy (non-hydrogen) atoms. The molecule has 1 aromatic heterocycles. The van der Waals surface area contributed by atoms with Crippen molar-refractivity contribution in [3.63, 3.8) is 0 Å². The van der Waals surface area contributed by atoms with Gasteiger partial charge in [-0.25, -0.2) is 12.8 Å². The minimum Gasteiger partial charge on any atom is -0.325 e. The molecule has 4 nitrogen and oxygen atoms in total. The molecule has 0 aliphatic heterocycles. The molecule has 0 fully saturated rings. The second-order valence-corrected chi connectivity index (χ2v) is 6.91. The monoisotopic (exact) mass is 299 g/mol. The Hall–Kier alpha value is -1.73. The SMILES string of the molecule is O=C(CS(=O)(=O)c1cccs1)Nc1ccc(F)cc1. The van der Waals surface area contributed by atoms with Gasteiger partial charge in [0.15, 0.2) is 9.84 Å². The van der Waals surface area contributed by atoms with E-state index in [1.54, 1.807) is 11.4 Å². The van der Waals surface area contributed by atoms with Crippen molar-refractivity contribution in [1.82, 2.24) is 0 Å². The quantitative estimate of drug-likeness (QED) is 0.942. The number of rotatable bonds is 4. The first-order valence-corrected chi connectivity index (χ1v) is 7.82. The van der Waals surface area contributed by atoms with Gasteiger partial charge in [-0.15, -0.1) is 11.3 Å². The Morgan fingerprint density at radius 3 is 2.47 bits per heavy atom. The molecule has 100 valence electrons. The molecule has 1 heterocycles. The van der Waals surface area contributed by atoms with Gasteiger partial charge in [0, 0.05) is 5.69 Å². The maximum atomic E-state index is 12.7. The van der Waals surface area contributed by atoms with Crippen LogP contribution in [0, 0.1) is 5.82 Å². The third kappa shape index (κ3) is 3.62. The molecule has 0 spiro atoms.